The van der Waals surface area contributed by atoms with Gasteiger partial charge < -0.3 is 10.6 Å². The van der Waals surface area contributed by atoms with E-state index in [1.807, 2.05) is 6.20 Å². The normalized spacial score (nSPS) is 28.8. The molecule has 1 aliphatic heterocycles. The Labute approximate surface area is 103 Å². The second-order valence-corrected chi connectivity index (χ2v) is 5.42. The summed E-state index contributed by atoms with van der Waals surface area (Å²) < 4.78 is 0. The van der Waals surface area contributed by atoms with E-state index in [4.69, 9.17) is 5.73 Å². The van der Waals surface area contributed by atoms with Crippen molar-refractivity contribution in [2.75, 3.05) is 17.2 Å². The number of nitrogens with two attached hydrogens (primary N) is 1. The lowest BCUT2D eigenvalue weighted by atomic mass is 9.78. The SMILES string of the molecule is Nc1cncc(N2CCC[C@H]3CCCC[C@H]32)c1. The molecule has 3 nitrogen and oxygen atoms in total. The van der Waals surface area contributed by atoms with Crippen LogP contribution in [0.15, 0.2) is 18.5 Å². The molecule has 2 N–H and O–H groups in total. The minimum Gasteiger partial charge on any atom is -0.397 e. The van der Waals surface area contributed by atoms with Crippen molar-refractivity contribution in [3.63, 3.8) is 0 Å². The fraction of sp³-hybridized carbons (Fsp3) is 0.643. The van der Waals surface area contributed by atoms with E-state index in [1.165, 1.54) is 50.8 Å². The van der Waals surface area contributed by atoms with E-state index in [-0.39, 0.29) is 0 Å². The van der Waals surface area contributed by atoms with E-state index >= 15 is 0 Å². The van der Waals surface area contributed by atoms with Gasteiger partial charge in [0.05, 0.1) is 17.6 Å². The lowest BCUT2D eigenvalue weighted by molar-refractivity contribution is 0.244. The van der Waals surface area contributed by atoms with Gasteiger partial charge in [-0.15, -0.1) is 0 Å². The number of nitrogen functional groups attached to an aromatic ring is 1. The number of nitrogens with zero attached hydrogens (tertiary/aromatic N) is 2. The molecular formula is C14H21N3. The molecule has 2 heterocycles. The molecule has 3 heteroatoms. The molecule has 3 rings (SSSR count). The van der Waals surface area contributed by atoms with Crippen LogP contribution in [0.25, 0.3) is 0 Å². The highest BCUT2D eigenvalue weighted by molar-refractivity contribution is 5.54. The summed E-state index contributed by atoms with van der Waals surface area (Å²) >= 11 is 0. The van der Waals surface area contributed by atoms with Crippen molar-refractivity contribution in [2.45, 2.75) is 44.6 Å². The first kappa shape index (κ1) is 10.9. The Bertz CT molecular complexity index is 389. The Hall–Kier alpha value is -1.25. The third-order valence-electron chi connectivity index (χ3n) is 4.32. The van der Waals surface area contributed by atoms with Crippen LogP contribution in [-0.4, -0.2) is 17.6 Å². The highest BCUT2D eigenvalue weighted by Gasteiger charge is 2.33. The molecule has 2 aliphatic rings. The number of pyridine rings is 1. The predicted molar refractivity (Wildman–Crippen MR) is 71.0 cm³/mol. The second kappa shape index (κ2) is 4.55. The molecular weight excluding hydrogens is 210 g/mol. The summed E-state index contributed by atoms with van der Waals surface area (Å²) in [6, 6.07) is 2.81. The Morgan fingerprint density at radius 1 is 1.12 bits per heavy atom. The fourth-order valence-corrected chi connectivity index (χ4v) is 3.55. The Balaban J connectivity index is 1.85. The first-order valence-corrected chi connectivity index (χ1v) is 6.82. The summed E-state index contributed by atoms with van der Waals surface area (Å²) in [6.07, 6.45) is 12.0. The summed E-state index contributed by atoms with van der Waals surface area (Å²) in [5, 5.41) is 0. The topological polar surface area (TPSA) is 42.1 Å². The van der Waals surface area contributed by atoms with Gasteiger partial charge in [-0.25, -0.2) is 0 Å². The number of anilines is 2. The zero-order valence-electron chi connectivity index (χ0n) is 10.3. The van der Waals surface area contributed by atoms with Crippen LogP contribution in [0.1, 0.15) is 38.5 Å². The fourth-order valence-electron chi connectivity index (χ4n) is 3.55. The van der Waals surface area contributed by atoms with Crippen molar-refractivity contribution < 1.29 is 0 Å². The summed E-state index contributed by atoms with van der Waals surface area (Å²) in [7, 11) is 0. The number of rotatable bonds is 1. The number of hydrogen-bond donors (Lipinski definition) is 1. The lowest BCUT2D eigenvalue weighted by Gasteiger charge is -2.45. The van der Waals surface area contributed by atoms with Gasteiger partial charge in [0.1, 0.15) is 0 Å². The van der Waals surface area contributed by atoms with Crippen molar-refractivity contribution in [2.24, 2.45) is 5.92 Å². The van der Waals surface area contributed by atoms with Crippen LogP contribution < -0.4 is 10.6 Å². The molecule has 0 amide bonds. The molecule has 1 saturated heterocycles. The standard InChI is InChI=1S/C14H21N3/c15-12-8-13(10-16-9-12)17-7-3-5-11-4-1-2-6-14(11)17/h8-11,14H,1-7,15H2/t11-,14-/m1/s1. The van der Waals surface area contributed by atoms with E-state index < -0.39 is 0 Å². The predicted octanol–water partition coefficient (Wildman–Crippen LogP) is 2.82. The Kier molecular flexibility index (Phi) is 2.91. The van der Waals surface area contributed by atoms with Crippen molar-refractivity contribution >= 4 is 11.4 Å². The van der Waals surface area contributed by atoms with Crippen LogP contribution in [0, 0.1) is 5.92 Å². The minimum atomic E-state index is 0.737. The number of aromatic nitrogens is 1. The molecule has 0 radical (unpaired) electrons. The minimum absolute atomic E-state index is 0.737. The van der Waals surface area contributed by atoms with Gasteiger partial charge in [0, 0.05) is 18.8 Å². The molecule has 17 heavy (non-hydrogen) atoms. The zero-order valence-corrected chi connectivity index (χ0v) is 10.3. The van der Waals surface area contributed by atoms with Crippen molar-refractivity contribution in [3.8, 4) is 0 Å². The van der Waals surface area contributed by atoms with Gasteiger partial charge in [0.15, 0.2) is 0 Å². The molecule has 0 unspecified atom stereocenters. The maximum absolute atomic E-state index is 5.84. The summed E-state index contributed by atoms with van der Waals surface area (Å²) in [5.74, 6) is 0.902. The second-order valence-electron chi connectivity index (χ2n) is 5.42. The number of piperidine rings is 1. The molecule has 1 aromatic heterocycles. The first-order valence-electron chi connectivity index (χ1n) is 6.82. The lowest BCUT2D eigenvalue weighted by Crippen LogP contribution is -2.46. The highest BCUT2D eigenvalue weighted by Crippen LogP contribution is 2.37. The average Bonchev–Trinajstić information content (AvgIpc) is 2.38. The van der Waals surface area contributed by atoms with Gasteiger partial charge in [0.25, 0.3) is 0 Å². The highest BCUT2D eigenvalue weighted by atomic mass is 15.2. The maximum atomic E-state index is 5.84. The number of fused-ring (bicyclic) bond motifs is 1. The largest absolute Gasteiger partial charge is 0.397 e. The first-order chi connectivity index (χ1) is 8.34. The van der Waals surface area contributed by atoms with Gasteiger partial charge in [-0.3, -0.25) is 4.98 Å². The Morgan fingerprint density at radius 2 is 1.94 bits per heavy atom. The monoisotopic (exact) mass is 231 g/mol. The molecule has 0 bridgehead atoms. The van der Waals surface area contributed by atoms with E-state index in [1.54, 1.807) is 6.20 Å². The maximum Gasteiger partial charge on any atom is 0.0576 e. The third kappa shape index (κ3) is 2.11. The van der Waals surface area contributed by atoms with Crippen LogP contribution in [-0.2, 0) is 0 Å². The van der Waals surface area contributed by atoms with Gasteiger partial charge in [-0.1, -0.05) is 12.8 Å². The van der Waals surface area contributed by atoms with Crippen LogP contribution in [0.2, 0.25) is 0 Å². The van der Waals surface area contributed by atoms with Gasteiger partial charge in [0.2, 0.25) is 0 Å². The van der Waals surface area contributed by atoms with Crippen molar-refractivity contribution in [3.05, 3.63) is 18.5 Å². The molecule has 1 saturated carbocycles. The Morgan fingerprint density at radius 3 is 2.82 bits per heavy atom. The van der Waals surface area contributed by atoms with Crippen molar-refractivity contribution in [1.82, 2.24) is 4.98 Å². The zero-order chi connectivity index (χ0) is 11.7. The summed E-state index contributed by atoms with van der Waals surface area (Å²) in [5.41, 5.74) is 7.85. The molecule has 2 fully saturated rings. The summed E-state index contributed by atoms with van der Waals surface area (Å²) in [6.45, 7) is 1.17. The molecule has 1 aromatic rings. The summed E-state index contributed by atoms with van der Waals surface area (Å²) in [4.78, 5) is 6.78. The smallest absolute Gasteiger partial charge is 0.0576 e. The third-order valence-corrected chi connectivity index (χ3v) is 4.32. The molecule has 0 spiro atoms. The van der Waals surface area contributed by atoms with E-state index in [9.17, 15) is 0 Å². The van der Waals surface area contributed by atoms with Crippen LogP contribution in [0.3, 0.4) is 0 Å². The van der Waals surface area contributed by atoms with Gasteiger partial charge in [-0.05, 0) is 37.7 Å². The van der Waals surface area contributed by atoms with Crippen molar-refractivity contribution in [1.29, 1.82) is 0 Å². The van der Waals surface area contributed by atoms with Crippen LogP contribution >= 0.6 is 0 Å². The molecule has 1 aliphatic carbocycles. The van der Waals surface area contributed by atoms with Gasteiger partial charge >= 0.3 is 0 Å². The van der Waals surface area contributed by atoms with Crippen LogP contribution in [0.4, 0.5) is 11.4 Å². The molecule has 92 valence electrons. The average molecular weight is 231 g/mol. The molecule has 0 aromatic carbocycles. The van der Waals surface area contributed by atoms with E-state index in [0.29, 0.717) is 0 Å². The van der Waals surface area contributed by atoms with Crippen LogP contribution in [0.5, 0.6) is 0 Å². The van der Waals surface area contributed by atoms with E-state index in [2.05, 4.69) is 16.0 Å². The van der Waals surface area contributed by atoms with Gasteiger partial charge in [-0.2, -0.15) is 0 Å². The quantitative estimate of drug-likeness (QED) is 0.808. The number of hydrogen-bond acceptors (Lipinski definition) is 3. The molecule has 2 atom stereocenters. The van der Waals surface area contributed by atoms with E-state index in [0.717, 1.165) is 17.6 Å².